The highest BCUT2D eigenvalue weighted by Gasteiger charge is 2.12. The van der Waals surface area contributed by atoms with Crippen molar-refractivity contribution < 1.29 is 9.52 Å². The second-order valence-electron chi connectivity index (χ2n) is 5.10. The van der Waals surface area contributed by atoms with E-state index in [0.717, 1.165) is 16.7 Å². The predicted molar refractivity (Wildman–Crippen MR) is 73.8 cm³/mol. The maximum atomic E-state index is 9.27. The van der Waals surface area contributed by atoms with Crippen LogP contribution < -0.4 is 5.32 Å². The average molecular weight is 247 g/mol. The highest BCUT2D eigenvalue weighted by atomic mass is 16.3. The molecule has 1 aromatic carbocycles. The molecule has 1 aromatic heterocycles. The first-order chi connectivity index (χ1) is 8.47. The molecule has 0 aliphatic heterocycles. The summed E-state index contributed by atoms with van der Waals surface area (Å²) in [4.78, 5) is 0. The summed E-state index contributed by atoms with van der Waals surface area (Å²) >= 11 is 0. The lowest BCUT2D eigenvalue weighted by atomic mass is 10.1. The smallest absolute Gasteiger partial charge is 0.134 e. The second kappa shape index (κ2) is 5.12. The summed E-state index contributed by atoms with van der Waals surface area (Å²) in [6.45, 7) is 8.57. The number of benzene rings is 1. The molecule has 2 atom stereocenters. The van der Waals surface area contributed by atoms with E-state index in [-0.39, 0.29) is 12.1 Å². The molecule has 2 rings (SSSR count). The first-order valence-corrected chi connectivity index (χ1v) is 6.39. The van der Waals surface area contributed by atoms with Crippen LogP contribution in [0.2, 0.25) is 0 Å². The topological polar surface area (TPSA) is 45.4 Å². The zero-order valence-corrected chi connectivity index (χ0v) is 11.4. The maximum absolute atomic E-state index is 9.27. The number of hydrogen-bond acceptors (Lipinski definition) is 3. The predicted octanol–water partition coefficient (Wildman–Crippen LogP) is 3.08. The van der Waals surface area contributed by atoms with Gasteiger partial charge in [0.05, 0.1) is 12.1 Å². The SMILES string of the molecule is Cc1cc2cc(C(C)NCC(C)O)oc2cc1C. The van der Waals surface area contributed by atoms with Gasteiger partial charge in [-0.2, -0.15) is 0 Å². The summed E-state index contributed by atoms with van der Waals surface area (Å²) in [5.41, 5.74) is 3.45. The molecule has 3 heteroatoms. The Bertz CT molecular complexity index is 504. The molecular formula is C15H21NO2. The van der Waals surface area contributed by atoms with Gasteiger partial charge in [-0.1, -0.05) is 0 Å². The Morgan fingerprint density at radius 1 is 1.17 bits per heavy atom. The van der Waals surface area contributed by atoms with E-state index in [9.17, 15) is 5.11 Å². The fraction of sp³-hybridized carbons (Fsp3) is 0.467. The number of aryl methyl sites for hydroxylation is 2. The first-order valence-electron chi connectivity index (χ1n) is 6.39. The third kappa shape index (κ3) is 2.74. The van der Waals surface area contributed by atoms with E-state index < -0.39 is 0 Å². The van der Waals surface area contributed by atoms with Crippen molar-refractivity contribution in [1.82, 2.24) is 5.32 Å². The van der Waals surface area contributed by atoms with Crippen LogP contribution in [-0.4, -0.2) is 17.8 Å². The van der Waals surface area contributed by atoms with Gasteiger partial charge in [0.2, 0.25) is 0 Å². The van der Waals surface area contributed by atoms with Gasteiger partial charge in [-0.25, -0.2) is 0 Å². The fourth-order valence-corrected chi connectivity index (χ4v) is 1.98. The molecule has 0 amide bonds. The number of aliphatic hydroxyl groups excluding tert-OH is 1. The number of hydrogen-bond donors (Lipinski definition) is 2. The monoisotopic (exact) mass is 247 g/mol. The Labute approximate surface area is 108 Å². The van der Waals surface area contributed by atoms with Crippen LogP contribution in [0.4, 0.5) is 0 Å². The molecule has 2 N–H and O–H groups in total. The summed E-state index contributed by atoms with van der Waals surface area (Å²) in [7, 11) is 0. The van der Waals surface area contributed by atoms with Crippen molar-refractivity contribution in [3.8, 4) is 0 Å². The Balaban J connectivity index is 2.24. The summed E-state index contributed by atoms with van der Waals surface area (Å²) in [5, 5.41) is 13.7. The number of aliphatic hydroxyl groups is 1. The van der Waals surface area contributed by atoms with Crippen molar-refractivity contribution in [2.75, 3.05) is 6.54 Å². The van der Waals surface area contributed by atoms with Crippen molar-refractivity contribution in [3.05, 3.63) is 35.1 Å². The van der Waals surface area contributed by atoms with Crippen LogP contribution in [0.1, 0.15) is 36.8 Å². The number of furan rings is 1. The molecule has 3 nitrogen and oxygen atoms in total. The lowest BCUT2D eigenvalue weighted by molar-refractivity contribution is 0.185. The molecule has 18 heavy (non-hydrogen) atoms. The normalized spacial score (nSPS) is 14.9. The van der Waals surface area contributed by atoms with Crippen molar-refractivity contribution in [1.29, 1.82) is 0 Å². The van der Waals surface area contributed by atoms with Gasteiger partial charge in [0.25, 0.3) is 0 Å². The van der Waals surface area contributed by atoms with E-state index in [1.807, 2.05) is 6.92 Å². The van der Waals surface area contributed by atoms with E-state index >= 15 is 0 Å². The number of nitrogens with one attached hydrogen (secondary N) is 1. The van der Waals surface area contributed by atoms with E-state index in [1.54, 1.807) is 6.92 Å². The standard InChI is InChI=1S/C15H21NO2/c1-9-5-13-7-14(12(4)16-8-11(3)17)18-15(13)6-10(9)2/h5-7,11-12,16-17H,8H2,1-4H3. The third-order valence-electron chi connectivity index (χ3n) is 3.30. The van der Waals surface area contributed by atoms with Crippen molar-refractivity contribution >= 4 is 11.0 Å². The van der Waals surface area contributed by atoms with Crippen LogP contribution in [0.15, 0.2) is 22.6 Å². The minimum Gasteiger partial charge on any atom is -0.459 e. The Kier molecular flexibility index (Phi) is 3.73. The molecule has 0 saturated heterocycles. The fourth-order valence-electron chi connectivity index (χ4n) is 1.98. The molecule has 2 aromatic rings. The van der Waals surface area contributed by atoms with E-state index in [4.69, 9.17) is 4.42 Å². The van der Waals surface area contributed by atoms with Crippen LogP contribution in [0.25, 0.3) is 11.0 Å². The van der Waals surface area contributed by atoms with Gasteiger partial charge in [-0.05, 0) is 57.0 Å². The van der Waals surface area contributed by atoms with Crippen molar-refractivity contribution in [2.45, 2.75) is 39.8 Å². The minimum atomic E-state index is -0.346. The highest BCUT2D eigenvalue weighted by molar-refractivity contribution is 5.79. The van der Waals surface area contributed by atoms with E-state index in [2.05, 4.69) is 37.4 Å². The van der Waals surface area contributed by atoms with Gasteiger partial charge in [0.15, 0.2) is 0 Å². The molecule has 0 saturated carbocycles. The van der Waals surface area contributed by atoms with Gasteiger partial charge in [0, 0.05) is 11.9 Å². The Morgan fingerprint density at radius 2 is 1.83 bits per heavy atom. The second-order valence-corrected chi connectivity index (χ2v) is 5.10. The van der Waals surface area contributed by atoms with Gasteiger partial charge in [-0.15, -0.1) is 0 Å². The zero-order chi connectivity index (χ0) is 13.3. The highest BCUT2D eigenvalue weighted by Crippen LogP contribution is 2.26. The lowest BCUT2D eigenvalue weighted by Gasteiger charge is -2.12. The molecule has 98 valence electrons. The summed E-state index contributed by atoms with van der Waals surface area (Å²) in [6, 6.07) is 6.41. The van der Waals surface area contributed by atoms with E-state index in [0.29, 0.717) is 6.54 Å². The van der Waals surface area contributed by atoms with Crippen LogP contribution in [0, 0.1) is 13.8 Å². The Morgan fingerprint density at radius 3 is 2.50 bits per heavy atom. The zero-order valence-electron chi connectivity index (χ0n) is 11.4. The lowest BCUT2D eigenvalue weighted by Crippen LogP contribution is -2.26. The summed E-state index contributed by atoms with van der Waals surface area (Å²) in [5.74, 6) is 0.913. The number of rotatable bonds is 4. The molecule has 2 unspecified atom stereocenters. The molecular weight excluding hydrogens is 226 g/mol. The first kappa shape index (κ1) is 13.1. The minimum absolute atomic E-state index is 0.104. The maximum Gasteiger partial charge on any atom is 0.134 e. The number of fused-ring (bicyclic) bond motifs is 1. The van der Waals surface area contributed by atoms with Crippen LogP contribution in [0.5, 0.6) is 0 Å². The Hall–Kier alpha value is -1.32. The molecule has 0 radical (unpaired) electrons. The van der Waals surface area contributed by atoms with Crippen molar-refractivity contribution in [3.63, 3.8) is 0 Å². The van der Waals surface area contributed by atoms with Gasteiger partial charge in [0.1, 0.15) is 11.3 Å². The van der Waals surface area contributed by atoms with Crippen LogP contribution in [0.3, 0.4) is 0 Å². The van der Waals surface area contributed by atoms with Gasteiger partial charge in [-0.3, -0.25) is 0 Å². The van der Waals surface area contributed by atoms with Gasteiger partial charge >= 0.3 is 0 Å². The third-order valence-corrected chi connectivity index (χ3v) is 3.30. The van der Waals surface area contributed by atoms with E-state index in [1.165, 1.54) is 11.1 Å². The van der Waals surface area contributed by atoms with Crippen LogP contribution in [-0.2, 0) is 0 Å². The largest absolute Gasteiger partial charge is 0.459 e. The summed E-state index contributed by atoms with van der Waals surface area (Å²) < 4.78 is 5.85. The van der Waals surface area contributed by atoms with Gasteiger partial charge < -0.3 is 14.8 Å². The quantitative estimate of drug-likeness (QED) is 0.872. The molecule has 0 spiro atoms. The molecule has 0 bridgehead atoms. The molecule has 1 heterocycles. The average Bonchev–Trinajstić information content (AvgIpc) is 2.69. The molecule has 0 aliphatic carbocycles. The summed E-state index contributed by atoms with van der Waals surface area (Å²) in [6.07, 6.45) is -0.346. The van der Waals surface area contributed by atoms with Crippen LogP contribution >= 0.6 is 0 Å². The van der Waals surface area contributed by atoms with Crippen molar-refractivity contribution in [2.24, 2.45) is 0 Å². The molecule has 0 fully saturated rings. The molecule has 0 aliphatic rings.